The summed E-state index contributed by atoms with van der Waals surface area (Å²) in [4.78, 5) is 14.2. The molecule has 1 N–H and O–H groups in total. The summed E-state index contributed by atoms with van der Waals surface area (Å²) in [5.41, 5.74) is 6.64. The van der Waals surface area contributed by atoms with Gasteiger partial charge in [0.05, 0.1) is 6.42 Å². The first kappa shape index (κ1) is 25.3. The maximum Gasteiger partial charge on any atom is 0.305 e. The zero-order chi connectivity index (χ0) is 25.7. The first-order valence-electron chi connectivity index (χ1n) is 12.3. The second-order valence-electron chi connectivity index (χ2n) is 9.36. The van der Waals surface area contributed by atoms with E-state index < -0.39 is 17.8 Å². The normalized spacial score (nSPS) is 12.9. The molecule has 0 aromatic heterocycles. The Hall–Kier alpha value is -3.76. The van der Waals surface area contributed by atoms with Crippen molar-refractivity contribution < 1.29 is 14.3 Å². The van der Waals surface area contributed by atoms with E-state index in [9.17, 15) is 9.90 Å². The summed E-state index contributed by atoms with van der Waals surface area (Å²) in [6, 6.07) is 30.3. The van der Waals surface area contributed by atoms with Crippen LogP contribution in [0.2, 0.25) is 0 Å². The van der Waals surface area contributed by atoms with Gasteiger partial charge in [0.25, 0.3) is 0 Å². The molecular weight excluding hydrogens is 449 g/mol. The molecule has 3 nitrogen and oxygen atoms in total. The van der Waals surface area contributed by atoms with Crippen LogP contribution < -0.4 is 0 Å². The van der Waals surface area contributed by atoms with E-state index in [1.807, 2.05) is 98.8 Å². The van der Waals surface area contributed by atoms with Gasteiger partial charge >= 0.3 is 5.97 Å². The summed E-state index contributed by atoms with van der Waals surface area (Å²) >= 11 is 0. The molecule has 0 spiro atoms. The molecule has 0 aliphatic carbocycles. The van der Waals surface area contributed by atoms with Crippen molar-refractivity contribution in [2.45, 2.75) is 45.8 Å². The predicted molar refractivity (Wildman–Crippen MR) is 143 cm³/mol. The first-order chi connectivity index (χ1) is 17.3. The molecule has 0 radical (unpaired) electrons. The highest BCUT2D eigenvalue weighted by atomic mass is 19.1. The van der Waals surface area contributed by atoms with Gasteiger partial charge in [0.15, 0.2) is 0 Å². The van der Waals surface area contributed by atoms with Crippen molar-refractivity contribution in [1.82, 2.24) is 4.90 Å². The lowest BCUT2D eigenvalue weighted by Crippen LogP contribution is -2.33. The standard InChI is InChI=1S/C32H32FNO2/c1-22-11-10-12-23(2)32(22)27-17-18-29(33)28(19-27)30(20-31(35)36)34(21-25-13-6-4-7-14-25)24(3)26-15-8-5-9-16-26/h4-19,24,30H,20-21H2,1-3H3,(H,35,36)/t24-,30?/m1/s1. The van der Waals surface area contributed by atoms with Gasteiger partial charge in [0, 0.05) is 24.2 Å². The molecule has 0 aliphatic heterocycles. The number of aryl methyl sites for hydroxylation is 2. The molecule has 0 heterocycles. The topological polar surface area (TPSA) is 40.5 Å². The van der Waals surface area contributed by atoms with Crippen LogP contribution in [0.25, 0.3) is 11.1 Å². The number of nitrogens with zero attached hydrogens (tertiary/aromatic N) is 1. The highest BCUT2D eigenvalue weighted by molar-refractivity contribution is 5.72. The number of benzene rings is 4. The average molecular weight is 482 g/mol. The zero-order valence-corrected chi connectivity index (χ0v) is 21.0. The van der Waals surface area contributed by atoms with Gasteiger partial charge in [-0.05, 0) is 66.3 Å². The number of carboxylic acid groups (broad SMARTS) is 1. The molecule has 1 unspecified atom stereocenters. The van der Waals surface area contributed by atoms with Gasteiger partial charge in [0.2, 0.25) is 0 Å². The fourth-order valence-electron chi connectivity index (χ4n) is 5.03. The molecule has 4 aromatic carbocycles. The van der Waals surface area contributed by atoms with Crippen LogP contribution in [-0.4, -0.2) is 16.0 Å². The largest absolute Gasteiger partial charge is 0.481 e. The number of rotatable bonds is 9. The van der Waals surface area contributed by atoms with Crippen LogP contribution in [0.5, 0.6) is 0 Å². The summed E-state index contributed by atoms with van der Waals surface area (Å²) in [5, 5.41) is 9.93. The Morgan fingerprint density at radius 3 is 2.08 bits per heavy atom. The summed E-state index contributed by atoms with van der Waals surface area (Å²) < 4.78 is 15.5. The lowest BCUT2D eigenvalue weighted by molar-refractivity contribution is -0.138. The van der Waals surface area contributed by atoms with Gasteiger partial charge in [-0.3, -0.25) is 9.69 Å². The van der Waals surface area contributed by atoms with Crippen molar-refractivity contribution in [1.29, 1.82) is 0 Å². The van der Waals surface area contributed by atoms with Crippen molar-refractivity contribution in [3.8, 4) is 11.1 Å². The van der Waals surface area contributed by atoms with Crippen molar-refractivity contribution in [3.05, 3.63) is 131 Å². The number of hydrogen-bond acceptors (Lipinski definition) is 2. The Bertz CT molecular complexity index is 1300. The Kier molecular flexibility index (Phi) is 7.97. The van der Waals surface area contributed by atoms with E-state index >= 15 is 4.39 Å². The number of aliphatic carboxylic acids is 1. The summed E-state index contributed by atoms with van der Waals surface area (Å²) in [6.07, 6.45) is -0.211. The fourth-order valence-corrected chi connectivity index (χ4v) is 5.03. The van der Waals surface area contributed by atoms with Crippen LogP contribution in [0.15, 0.2) is 97.1 Å². The van der Waals surface area contributed by atoms with Gasteiger partial charge in [0.1, 0.15) is 5.82 Å². The molecule has 4 heteroatoms. The van der Waals surface area contributed by atoms with E-state index in [-0.39, 0.29) is 12.5 Å². The van der Waals surface area contributed by atoms with Gasteiger partial charge in [-0.25, -0.2) is 4.39 Å². The Labute approximate surface area is 212 Å². The number of hydrogen-bond donors (Lipinski definition) is 1. The first-order valence-corrected chi connectivity index (χ1v) is 12.3. The van der Waals surface area contributed by atoms with Gasteiger partial charge in [-0.15, -0.1) is 0 Å². The third-order valence-electron chi connectivity index (χ3n) is 6.88. The van der Waals surface area contributed by atoms with Crippen molar-refractivity contribution >= 4 is 5.97 Å². The van der Waals surface area contributed by atoms with E-state index in [1.54, 1.807) is 6.07 Å². The van der Waals surface area contributed by atoms with Crippen LogP contribution in [0.3, 0.4) is 0 Å². The van der Waals surface area contributed by atoms with Gasteiger partial charge in [-0.1, -0.05) is 84.9 Å². The van der Waals surface area contributed by atoms with E-state index in [4.69, 9.17) is 0 Å². The minimum atomic E-state index is -0.963. The van der Waals surface area contributed by atoms with Crippen LogP contribution in [0, 0.1) is 19.7 Å². The molecular formula is C32H32FNO2. The van der Waals surface area contributed by atoms with Gasteiger partial charge in [-0.2, -0.15) is 0 Å². The Morgan fingerprint density at radius 1 is 0.861 bits per heavy atom. The second kappa shape index (κ2) is 11.3. The molecule has 0 amide bonds. The number of carbonyl (C=O) groups is 1. The summed E-state index contributed by atoms with van der Waals surface area (Å²) in [5.74, 6) is -1.36. The molecule has 0 fully saturated rings. The molecule has 36 heavy (non-hydrogen) atoms. The molecule has 0 saturated carbocycles. The fraction of sp³-hybridized carbons (Fsp3) is 0.219. The van der Waals surface area contributed by atoms with E-state index in [2.05, 4.69) is 11.8 Å². The van der Waals surface area contributed by atoms with Crippen LogP contribution in [-0.2, 0) is 11.3 Å². The summed E-state index contributed by atoms with van der Waals surface area (Å²) in [7, 11) is 0. The minimum absolute atomic E-state index is 0.140. The monoisotopic (exact) mass is 481 g/mol. The smallest absolute Gasteiger partial charge is 0.305 e. The molecule has 0 aliphatic rings. The maximum absolute atomic E-state index is 15.5. The van der Waals surface area contributed by atoms with E-state index in [1.165, 1.54) is 6.07 Å². The summed E-state index contributed by atoms with van der Waals surface area (Å²) in [6.45, 7) is 6.63. The van der Waals surface area contributed by atoms with Crippen LogP contribution >= 0.6 is 0 Å². The molecule has 4 aromatic rings. The van der Waals surface area contributed by atoms with Crippen LogP contribution in [0.1, 0.15) is 53.2 Å². The number of halogens is 1. The van der Waals surface area contributed by atoms with Crippen molar-refractivity contribution in [2.24, 2.45) is 0 Å². The third-order valence-corrected chi connectivity index (χ3v) is 6.88. The highest BCUT2D eigenvalue weighted by Gasteiger charge is 2.30. The second-order valence-corrected chi connectivity index (χ2v) is 9.36. The maximum atomic E-state index is 15.5. The van der Waals surface area contributed by atoms with Crippen LogP contribution in [0.4, 0.5) is 4.39 Å². The predicted octanol–water partition coefficient (Wildman–Crippen LogP) is 7.89. The highest BCUT2D eigenvalue weighted by Crippen LogP contribution is 2.38. The third kappa shape index (κ3) is 5.72. The molecule has 0 bridgehead atoms. The molecule has 184 valence electrons. The minimum Gasteiger partial charge on any atom is -0.481 e. The van der Waals surface area contributed by atoms with E-state index in [0.29, 0.717) is 12.1 Å². The number of carboxylic acids is 1. The quantitative estimate of drug-likeness (QED) is 0.264. The zero-order valence-electron chi connectivity index (χ0n) is 21.0. The Morgan fingerprint density at radius 2 is 1.47 bits per heavy atom. The SMILES string of the molecule is Cc1cccc(C)c1-c1ccc(F)c(C(CC(=O)O)N(Cc2ccccc2)[C@H](C)c2ccccc2)c1. The lowest BCUT2D eigenvalue weighted by Gasteiger charge is -2.37. The molecule has 2 atom stereocenters. The lowest BCUT2D eigenvalue weighted by atomic mass is 9.91. The van der Waals surface area contributed by atoms with Crippen molar-refractivity contribution in [3.63, 3.8) is 0 Å². The van der Waals surface area contributed by atoms with Gasteiger partial charge < -0.3 is 5.11 Å². The Balaban J connectivity index is 1.86. The van der Waals surface area contributed by atoms with Crippen molar-refractivity contribution in [2.75, 3.05) is 0 Å². The average Bonchev–Trinajstić information content (AvgIpc) is 2.87. The van der Waals surface area contributed by atoms with E-state index in [0.717, 1.165) is 33.4 Å². The molecule has 0 saturated heterocycles. The molecule has 4 rings (SSSR count).